The summed E-state index contributed by atoms with van der Waals surface area (Å²) in [5, 5.41) is 20.6. The number of hydrogen-bond donors (Lipinski definition) is 2. The topological polar surface area (TPSA) is 89.4 Å². The summed E-state index contributed by atoms with van der Waals surface area (Å²) in [5.74, 6) is -2.87. The molecule has 1 saturated carbocycles. The monoisotopic (exact) mass is 286 g/mol. The molecule has 110 valence electrons. The Labute approximate surface area is 114 Å². The van der Waals surface area contributed by atoms with Crippen molar-refractivity contribution in [2.45, 2.75) is 37.0 Å². The van der Waals surface area contributed by atoms with E-state index in [1.165, 1.54) is 18.2 Å². The molecule has 0 heterocycles. The molecule has 0 aliphatic heterocycles. The summed E-state index contributed by atoms with van der Waals surface area (Å²) in [7, 11) is 0. The molecule has 0 spiro atoms. The summed E-state index contributed by atoms with van der Waals surface area (Å²) < 4.78 is 26.6. The van der Waals surface area contributed by atoms with Crippen LogP contribution in [0.4, 0.5) is 14.5 Å². The minimum absolute atomic E-state index is 0.0351. The summed E-state index contributed by atoms with van der Waals surface area (Å²) in [6, 6.07) is 3.67. The summed E-state index contributed by atoms with van der Waals surface area (Å²) in [6.45, 7) is 0.0351. The van der Waals surface area contributed by atoms with Crippen molar-refractivity contribution in [2.24, 2.45) is 5.73 Å². The van der Waals surface area contributed by atoms with Crippen molar-refractivity contribution in [3.05, 3.63) is 33.9 Å². The van der Waals surface area contributed by atoms with Gasteiger partial charge in [0.2, 0.25) is 5.92 Å². The van der Waals surface area contributed by atoms with Crippen molar-refractivity contribution in [3.8, 4) is 5.75 Å². The number of nitrogens with zero attached hydrogens (tertiary/aromatic N) is 1. The molecular weight excluding hydrogens is 270 g/mol. The molecule has 3 N–H and O–H groups in total. The van der Waals surface area contributed by atoms with Crippen LogP contribution in [0.5, 0.6) is 5.75 Å². The first-order valence-electron chi connectivity index (χ1n) is 6.35. The van der Waals surface area contributed by atoms with E-state index in [9.17, 15) is 24.0 Å². The van der Waals surface area contributed by atoms with Crippen LogP contribution in [0.3, 0.4) is 0 Å². The number of nitro groups is 1. The van der Waals surface area contributed by atoms with Crippen molar-refractivity contribution >= 4 is 5.69 Å². The molecule has 0 aromatic heterocycles. The van der Waals surface area contributed by atoms with E-state index in [1.54, 1.807) is 0 Å². The second-order valence-electron chi connectivity index (χ2n) is 5.30. The van der Waals surface area contributed by atoms with E-state index in [4.69, 9.17) is 5.73 Å². The Balaban J connectivity index is 2.47. The molecule has 1 aliphatic carbocycles. The lowest BCUT2D eigenvalue weighted by Gasteiger charge is -2.39. The number of hydrogen-bond acceptors (Lipinski definition) is 4. The van der Waals surface area contributed by atoms with Gasteiger partial charge in [0.15, 0.2) is 0 Å². The Hall–Kier alpha value is -1.76. The fourth-order valence-electron chi connectivity index (χ4n) is 2.79. The first-order valence-corrected chi connectivity index (χ1v) is 6.35. The maximum absolute atomic E-state index is 13.3. The second-order valence-corrected chi connectivity index (χ2v) is 5.30. The zero-order valence-electron chi connectivity index (χ0n) is 10.8. The van der Waals surface area contributed by atoms with Gasteiger partial charge in [-0.15, -0.1) is 0 Å². The zero-order valence-corrected chi connectivity index (χ0v) is 10.8. The fraction of sp³-hybridized carbons (Fsp3) is 0.538. The van der Waals surface area contributed by atoms with Crippen LogP contribution in [0.2, 0.25) is 0 Å². The molecule has 0 bridgehead atoms. The maximum Gasteiger partial charge on any atom is 0.273 e. The van der Waals surface area contributed by atoms with Gasteiger partial charge in [0.25, 0.3) is 5.69 Å². The van der Waals surface area contributed by atoms with Crippen LogP contribution in [-0.2, 0) is 5.41 Å². The second kappa shape index (κ2) is 4.97. The third-order valence-corrected chi connectivity index (χ3v) is 4.08. The van der Waals surface area contributed by atoms with E-state index in [1.807, 2.05) is 0 Å². The molecule has 0 saturated heterocycles. The van der Waals surface area contributed by atoms with Crippen LogP contribution in [-0.4, -0.2) is 22.5 Å². The number of aromatic hydroxyl groups is 1. The molecule has 0 atom stereocenters. The Morgan fingerprint density at radius 1 is 1.30 bits per heavy atom. The number of alkyl halides is 2. The van der Waals surface area contributed by atoms with E-state index in [0.29, 0.717) is 0 Å². The summed E-state index contributed by atoms with van der Waals surface area (Å²) in [4.78, 5) is 10.5. The highest BCUT2D eigenvalue weighted by molar-refractivity contribution is 5.49. The van der Waals surface area contributed by atoms with Crippen LogP contribution in [0.1, 0.15) is 31.2 Å². The van der Waals surface area contributed by atoms with Crippen LogP contribution in [0.25, 0.3) is 0 Å². The first kappa shape index (κ1) is 14.6. The number of benzene rings is 1. The number of phenols is 1. The molecule has 20 heavy (non-hydrogen) atoms. The highest BCUT2D eigenvalue weighted by Gasteiger charge is 2.46. The van der Waals surface area contributed by atoms with Gasteiger partial charge >= 0.3 is 0 Å². The number of halogens is 2. The van der Waals surface area contributed by atoms with Gasteiger partial charge in [-0.2, -0.15) is 0 Å². The average molecular weight is 286 g/mol. The Morgan fingerprint density at radius 3 is 2.40 bits per heavy atom. The zero-order chi connectivity index (χ0) is 15.0. The molecule has 0 unspecified atom stereocenters. The number of nitrogens with two attached hydrogens (primary N) is 1. The van der Waals surface area contributed by atoms with Crippen molar-refractivity contribution in [2.75, 3.05) is 6.54 Å². The summed E-state index contributed by atoms with van der Waals surface area (Å²) in [5.41, 5.74) is 4.93. The third kappa shape index (κ3) is 2.58. The molecule has 1 fully saturated rings. The molecular formula is C13H16F2N2O3. The highest BCUT2D eigenvalue weighted by atomic mass is 19.3. The molecule has 2 rings (SSSR count). The smallest absolute Gasteiger partial charge is 0.273 e. The quantitative estimate of drug-likeness (QED) is 0.660. The van der Waals surface area contributed by atoms with Gasteiger partial charge in [-0.05, 0) is 25.0 Å². The molecule has 5 nitrogen and oxygen atoms in total. The van der Waals surface area contributed by atoms with Gasteiger partial charge in [0, 0.05) is 36.4 Å². The Bertz CT molecular complexity index is 524. The fourth-order valence-corrected chi connectivity index (χ4v) is 2.79. The van der Waals surface area contributed by atoms with Gasteiger partial charge in [0.05, 0.1) is 4.92 Å². The maximum atomic E-state index is 13.3. The van der Waals surface area contributed by atoms with Gasteiger partial charge in [0.1, 0.15) is 5.75 Å². The molecule has 0 radical (unpaired) electrons. The number of phenolic OH excluding ortho intramolecular Hbond substituents is 1. The van der Waals surface area contributed by atoms with E-state index in [-0.39, 0.29) is 49.2 Å². The normalized spacial score (nSPS) is 20.6. The van der Waals surface area contributed by atoms with Crippen LogP contribution >= 0.6 is 0 Å². The lowest BCUT2D eigenvalue weighted by molar-refractivity contribution is -0.386. The molecule has 1 aliphatic rings. The number of nitro benzene ring substituents is 1. The molecule has 7 heteroatoms. The van der Waals surface area contributed by atoms with Crippen molar-refractivity contribution in [1.29, 1.82) is 0 Å². The molecule has 0 amide bonds. The van der Waals surface area contributed by atoms with Gasteiger partial charge in [-0.25, -0.2) is 8.78 Å². The van der Waals surface area contributed by atoms with Gasteiger partial charge in [-0.1, -0.05) is 0 Å². The van der Waals surface area contributed by atoms with Crippen LogP contribution < -0.4 is 5.73 Å². The molecule has 1 aromatic rings. The van der Waals surface area contributed by atoms with Gasteiger partial charge < -0.3 is 10.8 Å². The van der Waals surface area contributed by atoms with Crippen molar-refractivity contribution < 1.29 is 18.8 Å². The third-order valence-electron chi connectivity index (χ3n) is 4.08. The predicted octanol–water partition coefficient (Wildman–Crippen LogP) is 2.71. The van der Waals surface area contributed by atoms with E-state index < -0.39 is 16.3 Å². The first-order chi connectivity index (χ1) is 9.30. The van der Waals surface area contributed by atoms with E-state index in [0.717, 1.165) is 0 Å². The van der Waals surface area contributed by atoms with Crippen LogP contribution in [0, 0.1) is 10.1 Å². The lowest BCUT2D eigenvalue weighted by atomic mass is 9.68. The minimum Gasteiger partial charge on any atom is -0.508 e. The van der Waals surface area contributed by atoms with Crippen molar-refractivity contribution in [3.63, 3.8) is 0 Å². The largest absolute Gasteiger partial charge is 0.508 e. The minimum atomic E-state index is -2.75. The number of rotatable bonds is 3. The van der Waals surface area contributed by atoms with Crippen LogP contribution in [0.15, 0.2) is 18.2 Å². The predicted molar refractivity (Wildman–Crippen MR) is 68.9 cm³/mol. The van der Waals surface area contributed by atoms with Gasteiger partial charge in [-0.3, -0.25) is 10.1 Å². The Morgan fingerprint density at radius 2 is 1.90 bits per heavy atom. The lowest BCUT2D eigenvalue weighted by Crippen LogP contribution is -2.42. The van der Waals surface area contributed by atoms with E-state index in [2.05, 4.69) is 0 Å². The summed E-state index contributed by atoms with van der Waals surface area (Å²) in [6.07, 6.45) is -0.560. The standard InChI is InChI=1S/C13H16F2N2O3/c14-13(15)5-3-12(8-16,4-6-13)10-7-9(18)1-2-11(10)17(19)20/h1-2,7,18H,3-6,8,16H2. The van der Waals surface area contributed by atoms with E-state index >= 15 is 0 Å². The molecule has 1 aromatic carbocycles. The SMILES string of the molecule is NCC1(c2cc(O)ccc2[N+](=O)[O-])CCC(F)(F)CC1. The van der Waals surface area contributed by atoms with Crippen molar-refractivity contribution in [1.82, 2.24) is 0 Å². The highest BCUT2D eigenvalue weighted by Crippen LogP contribution is 2.47. The average Bonchev–Trinajstić information content (AvgIpc) is 2.39. The Kier molecular flexibility index (Phi) is 3.64. The summed E-state index contributed by atoms with van der Waals surface area (Å²) >= 11 is 0.